The maximum Gasteiger partial charge on any atom is 0.315 e. The van der Waals surface area contributed by atoms with Crippen molar-refractivity contribution in [1.29, 1.82) is 0 Å². The molecule has 5 nitrogen and oxygen atoms in total. The van der Waals surface area contributed by atoms with Crippen molar-refractivity contribution in [2.75, 3.05) is 13.2 Å². The summed E-state index contributed by atoms with van der Waals surface area (Å²) in [5, 5.41) is 11.1. The average Bonchev–Trinajstić information content (AvgIpc) is 3.22. The molecule has 2 spiro atoms. The van der Waals surface area contributed by atoms with E-state index in [0.717, 1.165) is 37.9 Å². The van der Waals surface area contributed by atoms with Gasteiger partial charge in [0.05, 0.1) is 19.3 Å². The van der Waals surface area contributed by atoms with E-state index in [1.165, 1.54) is 0 Å². The summed E-state index contributed by atoms with van der Waals surface area (Å²) in [6, 6.07) is 0. The lowest BCUT2D eigenvalue weighted by Crippen LogP contribution is -2.68. The summed E-state index contributed by atoms with van der Waals surface area (Å²) < 4.78 is 18.3. The van der Waals surface area contributed by atoms with E-state index in [2.05, 4.69) is 13.5 Å². The number of rotatable bonds is 0. The molecule has 3 heterocycles. The SMILES string of the molecule is C=C1[C@@H]2CC[C@H]3[C@](C2)(C(=O)O[C@H]2CC[C@@]4(C)CO[C@@H]5OC[C@]23[C@H]54)[C@@H]1O. The van der Waals surface area contributed by atoms with Crippen LogP contribution in [-0.4, -0.2) is 42.8 Å². The first-order valence-electron chi connectivity index (χ1n) is 9.74. The van der Waals surface area contributed by atoms with Gasteiger partial charge in [-0.15, -0.1) is 0 Å². The van der Waals surface area contributed by atoms with E-state index in [1.807, 2.05) is 0 Å². The first kappa shape index (κ1) is 15.2. The number of aliphatic hydroxyl groups excluding tert-OH is 1. The van der Waals surface area contributed by atoms with Crippen LogP contribution in [0.25, 0.3) is 0 Å². The Morgan fingerprint density at radius 3 is 2.84 bits per heavy atom. The first-order valence-corrected chi connectivity index (χ1v) is 9.74. The Morgan fingerprint density at radius 1 is 1.20 bits per heavy atom. The number of fused-ring (bicyclic) bond motifs is 1. The molecule has 6 rings (SSSR count). The molecule has 3 aliphatic carbocycles. The quantitative estimate of drug-likeness (QED) is 0.537. The highest BCUT2D eigenvalue weighted by molar-refractivity contribution is 5.81. The Labute approximate surface area is 147 Å². The first-order chi connectivity index (χ1) is 11.9. The summed E-state index contributed by atoms with van der Waals surface area (Å²) >= 11 is 0. The molecule has 0 unspecified atom stereocenters. The molecule has 2 bridgehead atoms. The molecule has 1 N–H and O–H groups in total. The van der Waals surface area contributed by atoms with Crippen LogP contribution in [0.3, 0.4) is 0 Å². The molecule has 3 aliphatic heterocycles. The van der Waals surface area contributed by atoms with E-state index < -0.39 is 11.5 Å². The van der Waals surface area contributed by atoms with E-state index in [1.54, 1.807) is 0 Å². The molecule has 6 aliphatic rings. The van der Waals surface area contributed by atoms with Gasteiger partial charge in [0, 0.05) is 11.3 Å². The van der Waals surface area contributed by atoms with Gasteiger partial charge >= 0.3 is 5.97 Å². The minimum absolute atomic E-state index is 0.0834. The molecule has 0 aromatic carbocycles. The third kappa shape index (κ3) is 1.42. The van der Waals surface area contributed by atoms with Gasteiger partial charge in [-0.25, -0.2) is 0 Å². The third-order valence-corrected chi connectivity index (χ3v) is 8.91. The molecular weight excluding hydrogens is 320 g/mol. The summed E-state index contributed by atoms with van der Waals surface area (Å²) in [5.41, 5.74) is -0.0974. The van der Waals surface area contributed by atoms with Gasteiger partial charge in [0.1, 0.15) is 11.5 Å². The number of carbonyl (C=O) groups is 1. The van der Waals surface area contributed by atoms with E-state index in [0.29, 0.717) is 13.0 Å². The van der Waals surface area contributed by atoms with Gasteiger partial charge in [-0.3, -0.25) is 4.79 Å². The molecule has 0 amide bonds. The number of esters is 1. The second-order valence-corrected chi connectivity index (χ2v) is 9.72. The monoisotopic (exact) mass is 346 g/mol. The lowest BCUT2D eigenvalue weighted by molar-refractivity contribution is -0.243. The van der Waals surface area contributed by atoms with E-state index in [9.17, 15) is 9.90 Å². The maximum absolute atomic E-state index is 13.2. The Hall–Kier alpha value is -0.910. The van der Waals surface area contributed by atoms with Crippen LogP contribution in [0.1, 0.15) is 39.0 Å². The molecule has 0 aromatic rings. The number of hydrogen-bond acceptors (Lipinski definition) is 5. The minimum Gasteiger partial charge on any atom is -0.461 e. The van der Waals surface area contributed by atoms with Crippen LogP contribution in [0.15, 0.2) is 12.2 Å². The number of hydrogen-bond donors (Lipinski definition) is 1. The van der Waals surface area contributed by atoms with Gasteiger partial charge in [0.25, 0.3) is 0 Å². The normalized spacial score (nSPS) is 61.5. The lowest BCUT2D eigenvalue weighted by Gasteiger charge is -2.61. The molecule has 9 atom stereocenters. The van der Waals surface area contributed by atoms with Crippen molar-refractivity contribution < 1.29 is 24.1 Å². The van der Waals surface area contributed by atoms with Crippen molar-refractivity contribution in [2.24, 2.45) is 34.0 Å². The van der Waals surface area contributed by atoms with Crippen molar-refractivity contribution in [1.82, 2.24) is 0 Å². The van der Waals surface area contributed by atoms with Crippen molar-refractivity contribution in [3.63, 3.8) is 0 Å². The highest BCUT2D eigenvalue weighted by Gasteiger charge is 2.78. The molecule has 3 saturated heterocycles. The van der Waals surface area contributed by atoms with Gasteiger partial charge < -0.3 is 19.3 Å². The lowest BCUT2D eigenvalue weighted by atomic mass is 9.44. The average molecular weight is 346 g/mol. The second-order valence-electron chi connectivity index (χ2n) is 9.72. The van der Waals surface area contributed by atoms with Gasteiger partial charge in [-0.2, -0.15) is 0 Å². The fourth-order valence-electron chi connectivity index (χ4n) is 7.89. The van der Waals surface area contributed by atoms with Crippen LogP contribution in [0, 0.1) is 34.0 Å². The topological polar surface area (TPSA) is 65.0 Å². The fraction of sp³-hybridized carbons (Fsp3) is 0.850. The zero-order valence-electron chi connectivity index (χ0n) is 14.7. The van der Waals surface area contributed by atoms with Gasteiger partial charge in [-0.1, -0.05) is 13.5 Å². The van der Waals surface area contributed by atoms with Crippen LogP contribution in [0.2, 0.25) is 0 Å². The Kier molecular flexibility index (Phi) is 2.62. The molecule has 3 saturated carbocycles. The zero-order chi connectivity index (χ0) is 17.2. The standard InChI is InChI=1S/C20H26O5/c1-10-11-3-4-12-19(7-11,15(10)21)17(22)25-13-5-6-18(2)8-23-16-14(18)20(12,13)9-24-16/h11-16,21H,1,3-9H2,2H3/t11-,12+,13+,14-,15-,16-,18+,19+,20-/m1/s1. The highest BCUT2D eigenvalue weighted by atomic mass is 16.7. The van der Waals surface area contributed by atoms with Crippen molar-refractivity contribution >= 4 is 5.97 Å². The van der Waals surface area contributed by atoms with Crippen LogP contribution in [0.5, 0.6) is 0 Å². The fourth-order valence-corrected chi connectivity index (χ4v) is 7.89. The Balaban J connectivity index is 1.55. The maximum atomic E-state index is 13.2. The predicted molar refractivity (Wildman–Crippen MR) is 87.2 cm³/mol. The Morgan fingerprint density at radius 2 is 2.00 bits per heavy atom. The Bertz CT molecular complexity index is 690. The number of carbonyl (C=O) groups excluding carboxylic acids is 1. The molecule has 0 aromatic heterocycles. The minimum atomic E-state index is -0.810. The van der Waals surface area contributed by atoms with E-state index in [4.69, 9.17) is 14.2 Å². The largest absolute Gasteiger partial charge is 0.461 e. The van der Waals surface area contributed by atoms with Crippen LogP contribution < -0.4 is 0 Å². The molecule has 5 heteroatoms. The van der Waals surface area contributed by atoms with E-state index in [-0.39, 0.29) is 46.9 Å². The summed E-state index contributed by atoms with van der Waals surface area (Å²) in [6.45, 7) is 7.75. The van der Waals surface area contributed by atoms with Gasteiger partial charge in [0.15, 0.2) is 6.29 Å². The summed E-state index contributed by atoms with van der Waals surface area (Å²) in [7, 11) is 0. The van der Waals surface area contributed by atoms with Gasteiger partial charge in [0.2, 0.25) is 0 Å². The molecule has 136 valence electrons. The smallest absolute Gasteiger partial charge is 0.315 e. The molecule has 0 radical (unpaired) electrons. The van der Waals surface area contributed by atoms with Crippen LogP contribution in [-0.2, 0) is 19.0 Å². The van der Waals surface area contributed by atoms with Crippen molar-refractivity contribution in [3.05, 3.63) is 12.2 Å². The highest BCUT2D eigenvalue weighted by Crippen LogP contribution is 2.73. The van der Waals surface area contributed by atoms with E-state index >= 15 is 0 Å². The molecule has 25 heavy (non-hydrogen) atoms. The number of aliphatic hydroxyl groups is 1. The van der Waals surface area contributed by atoms with Crippen molar-refractivity contribution in [3.8, 4) is 0 Å². The molecule has 6 fully saturated rings. The van der Waals surface area contributed by atoms with Crippen LogP contribution in [0.4, 0.5) is 0 Å². The summed E-state index contributed by atoms with van der Waals surface area (Å²) in [6.07, 6.45) is 3.50. The predicted octanol–water partition coefficient (Wildman–Crippen LogP) is 2.03. The third-order valence-electron chi connectivity index (χ3n) is 8.91. The summed E-state index contributed by atoms with van der Waals surface area (Å²) in [5.74, 6) is 0.425. The molecular formula is C20H26O5. The second kappa shape index (κ2) is 4.32. The number of ether oxygens (including phenoxy) is 3. The zero-order valence-corrected chi connectivity index (χ0v) is 14.7. The summed E-state index contributed by atoms with van der Waals surface area (Å²) in [4.78, 5) is 13.2. The van der Waals surface area contributed by atoms with Crippen molar-refractivity contribution in [2.45, 2.75) is 57.5 Å². The van der Waals surface area contributed by atoms with Gasteiger partial charge in [-0.05, 0) is 54.9 Å². The van der Waals surface area contributed by atoms with Crippen LogP contribution >= 0.6 is 0 Å².